The predicted octanol–water partition coefficient (Wildman–Crippen LogP) is 3.00. The number of hydrogen-bond acceptors (Lipinski definition) is 4. The Kier molecular flexibility index (Phi) is 3.84. The SMILES string of the molecule is Cc1ccc(C(=O)N2CCc3nc(NC(=O)C4CC4)sc3C2)cc1. The lowest BCUT2D eigenvalue weighted by Gasteiger charge is -2.26. The molecule has 1 saturated carbocycles. The highest BCUT2D eigenvalue weighted by Gasteiger charge is 2.31. The van der Waals surface area contributed by atoms with Crippen LogP contribution in [0, 0.1) is 12.8 Å². The van der Waals surface area contributed by atoms with Crippen molar-refractivity contribution in [1.82, 2.24) is 9.88 Å². The molecule has 0 saturated heterocycles. The highest BCUT2D eigenvalue weighted by atomic mass is 32.1. The summed E-state index contributed by atoms with van der Waals surface area (Å²) in [6, 6.07) is 7.67. The van der Waals surface area contributed by atoms with E-state index in [2.05, 4.69) is 10.3 Å². The molecule has 2 heterocycles. The van der Waals surface area contributed by atoms with Crippen LogP contribution < -0.4 is 5.32 Å². The lowest BCUT2D eigenvalue weighted by atomic mass is 10.1. The third-order valence-corrected chi connectivity index (χ3v) is 5.49. The van der Waals surface area contributed by atoms with Gasteiger partial charge in [0.25, 0.3) is 5.91 Å². The molecule has 4 rings (SSSR count). The van der Waals surface area contributed by atoms with E-state index in [1.165, 1.54) is 11.3 Å². The van der Waals surface area contributed by atoms with Crippen molar-refractivity contribution in [2.24, 2.45) is 5.92 Å². The molecule has 6 heteroatoms. The summed E-state index contributed by atoms with van der Waals surface area (Å²) in [5, 5.41) is 3.58. The minimum Gasteiger partial charge on any atom is -0.333 e. The number of hydrogen-bond donors (Lipinski definition) is 1. The van der Waals surface area contributed by atoms with Crippen molar-refractivity contribution >= 4 is 28.3 Å². The van der Waals surface area contributed by atoms with Gasteiger partial charge in [0, 0.05) is 29.3 Å². The Hall–Kier alpha value is -2.21. The van der Waals surface area contributed by atoms with Crippen molar-refractivity contribution in [3.05, 3.63) is 46.0 Å². The first-order valence-electron chi connectivity index (χ1n) is 8.25. The molecule has 0 bridgehead atoms. The quantitative estimate of drug-likeness (QED) is 0.933. The third kappa shape index (κ3) is 3.06. The lowest BCUT2D eigenvalue weighted by Crippen LogP contribution is -2.35. The number of carbonyl (C=O) groups excluding carboxylic acids is 2. The zero-order valence-corrected chi connectivity index (χ0v) is 14.4. The van der Waals surface area contributed by atoms with E-state index in [4.69, 9.17) is 0 Å². The fourth-order valence-electron chi connectivity index (χ4n) is 2.85. The standard InChI is InChI=1S/C18H19N3O2S/c1-11-2-4-13(5-3-11)17(23)21-9-8-14-15(10-21)24-18(19-14)20-16(22)12-6-7-12/h2-5,12H,6-10H2,1H3,(H,19,20,22). The summed E-state index contributed by atoms with van der Waals surface area (Å²) in [6.45, 7) is 3.24. The van der Waals surface area contributed by atoms with Crippen LogP contribution in [0.5, 0.6) is 0 Å². The molecule has 2 aromatic rings. The summed E-state index contributed by atoms with van der Waals surface area (Å²) in [6.07, 6.45) is 2.70. The van der Waals surface area contributed by atoms with Crippen LogP contribution >= 0.6 is 11.3 Å². The molecular formula is C18H19N3O2S. The van der Waals surface area contributed by atoms with Gasteiger partial charge in [0.2, 0.25) is 5.91 Å². The summed E-state index contributed by atoms with van der Waals surface area (Å²) >= 11 is 1.49. The van der Waals surface area contributed by atoms with E-state index >= 15 is 0 Å². The van der Waals surface area contributed by atoms with E-state index in [-0.39, 0.29) is 17.7 Å². The van der Waals surface area contributed by atoms with Gasteiger partial charge >= 0.3 is 0 Å². The van der Waals surface area contributed by atoms with Gasteiger partial charge in [-0.25, -0.2) is 4.98 Å². The molecule has 2 aliphatic rings. The molecule has 1 aromatic carbocycles. The Balaban J connectivity index is 1.46. The third-order valence-electron chi connectivity index (χ3n) is 4.50. The van der Waals surface area contributed by atoms with Crippen molar-refractivity contribution in [2.45, 2.75) is 32.7 Å². The molecule has 0 spiro atoms. The van der Waals surface area contributed by atoms with Crippen molar-refractivity contribution < 1.29 is 9.59 Å². The van der Waals surface area contributed by atoms with Gasteiger partial charge in [-0.3, -0.25) is 9.59 Å². The fraction of sp³-hybridized carbons (Fsp3) is 0.389. The predicted molar refractivity (Wildman–Crippen MR) is 93.1 cm³/mol. The zero-order chi connectivity index (χ0) is 16.7. The molecular weight excluding hydrogens is 322 g/mol. The lowest BCUT2D eigenvalue weighted by molar-refractivity contribution is -0.117. The summed E-state index contributed by atoms with van der Waals surface area (Å²) in [5.41, 5.74) is 2.88. The van der Waals surface area contributed by atoms with Gasteiger partial charge in [-0.2, -0.15) is 0 Å². The van der Waals surface area contributed by atoms with Crippen LogP contribution in [0.2, 0.25) is 0 Å². The minimum absolute atomic E-state index is 0.0533. The van der Waals surface area contributed by atoms with Crippen LogP contribution in [0.25, 0.3) is 0 Å². The number of aromatic nitrogens is 1. The number of nitrogens with zero attached hydrogens (tertiary/aromatic N) is 2. The molecule has 1 aromatic heterocycles. The Morgan fingerprint density at radius 3 is 2.71 bits per heavy atom. The van der Waals surface area contributed by atoms with Gasteiger partial charge < -0.3 is 10.2 Å². The molecule has 124 valence electrons. The van der Waals surface area contributed by atoms with Gasteiger partial charge in [-0.15, -0.1) is 0 Å². The number of thiazole rings is 1. The van der Waals surface area contributed by atoms with E-state index in [0.717, 1.165) is 41.0 Å². The topological polar surface area (TPSA) is 62.3 Å². The number of carbonyl (C=O) groups is 2. The van der Waals surface area contributed by atoms with E-state index in [1.807, 2.05) is 36.1 Å². The number of anilines is 1. The molecule has 24 heavy (non-hydrogen) atoms. The molecule has 5 nitrogen and oxygen atoms in total. The second kappa shape index (κ2) is 6.02. The van der Waals surface area contributed by atoms with Gasteiger partial charge in [0.05, 0.1) is 12.2 Å². The molecule has 1 aliphatic heterocycles. The fourth-order valence-corrected chi connectivity index (χ4v) is 3.88. The smallest absolute Gasteiger partial charge is 0.254 e. The molecule has 0 atom stereocenters. The highest BCUT2D eigenvalue weighted by molar-refractivity contribution is 7.15. The highest BCUT2D eigenvalue weighted by Crippen LogP contribution is 2.33. The second-order valence-corrected chi connectivity index (χ2v) is 7.58. The van der Waals surface area contributed by atoms with Gasteiger partial charge in [0.1, 0.15) is 0 Å². The summed E-state index contributed by atoms with van der Waals surface area (Å²) in [5.74, 6) is 0.303. The van der Waals surface area contributed by atoms with Gasteiger partial charge in [0.15, 0.2) is 5.13 Å². The molecule has 1 N–H and O–H groups in total. The maximum atomic E-state index is 12.6. The van der Waals surface area contributed by atoms with Crippen molar-refractivity contribution in [1.29, 1.82) is 0 Å². The molecule has 2 amide bonds. The second-order valence-electron chi connectivity index (χ2n) is 6.50. The number of amides is 2. The Morgan fingerprint density at radius 2 is 2.00 bits per heavy atom. The molecule has 1 aliphatic carbocycles. The molecule has 0 radical (unpaired) electrons. The maximum absolute atomic E-state index is 12.6. The number of fused-ring (bicyclic) bond motifs is 1. The van der Waals surface area contributed by atoms with E-state index in [0.29, 0.717) is 18.2 Å². The summed E-state index contributed by atoms with van der Waals surface area (Å²) < 4.78 is 0. The Bertz CT molecular complexity index is 793. The normalized spacial score (nSPS) is 16.6. The first-order chi connectivity index (χ1) is 11.6. The van der Waals surface area contributed by atoms with Crippen LogP contribution in [0.3, 0.4) is 0 Å². The summed E-state index contributed by atoms with van der Waals surface area (Å²) in [7, 11) is 0. The van der Waals surface area contributed by atoms with Gasteiger partial charge in [-0.1, -0.05) is 29.0 Å². The summed E-state index contributed by atoms with van der Waals surface area (Å²) in [4.78, 5) is 32.0. The maximum Gasteiger partial charge on any atom is 0.254 e. The van der Waals surface area contributed by atoms with Crippen LogP contribution in [0.15, 0.2) is 24.3 Å². The van der Waals surface area contributed by atoms with Crippen LogP contribution in [0.4, 0.5) is 5.13 Å². The first-order valence-corrected chi connectivity index (χ1v) is 9.07. The van der Waals surface area contributed by atoms with E-state index in [1.54, 1.807) is 0 Å². The minimum atomic E-state index is 0.0533. The van der Waals surface area contributed by atoms with Crippen molar-refractivity contribution in [3.8, 4) is 0 Å². The Morgan fingerprint density at radius 1 is 1.25 bits per heavy atom. The average molecular weight is 341 g/mol. The van der Waals surface area contributed by atoms with Crippen molar-refractivity contribution in [3.63, 3.8) is 0 Å². The number of aryl methyl sites for hydroxylation is 1. The van der Waals surface area contributed by atoms with Gasteiger partial charge in [-0.05, 0) is 31.9 Å². The number of rotatable bonds is 3. The van der Waals surface area contributed by atoms with E-state index in [9.17, 15) is 9.59 Å². The first kappa shape index (κ1) is 15.3. The molecule has 1 fully saturated rings. The van der Waals surface area contributed by atoms with E-state index < -0.39 is 0 Å². The average Bonchev–Trinajstić information content (AvgIpc) is 3.35. The number of nitrogens with one attached hydrogen (secondary N) is 1. The van der Waals surface area contributed by atoms with Crippen LogP contribution in [-0.4, -0.2) is 28.2 Å². The largest absolute Gasteiger partial charge is 0.333 e. The zero-order valence-electron chi connectivity index (χ0n) is 13.5. The van der Waals surface area contributed by atoms with Crippen LogP contribution in [0.1, 0.15) is 39.3 Å². The van der Waals surface area contributed by atoms with Crippen LogP contribution in [-0.2, 0) is 17.8 Å². The Labute approximate surface area is 144 Å². The number of benzene rings is 1. The van der Waals surface area contributed by atoms with Crippen molar-refractivity contribution in [2.75, 3.05) is 11.9 Å². The monoisotopic (exact) mass is 341 g/mol. The molecule has 0 unspecified atom stereocenters.